The number of nitrogens with zero attached hydrogens (tertiary/aromatic N) is 2. The van der Waals surface area contributed by atoms with Crippen LogP contribution in [0.2, 0.25) is 0 Å². The summed E-state index contributed by atoms with van der Waals surface area (Å²) in [4.78, 5) is 8.88. The van der Waals surface area contributed by atoms with Gasteiger partial charge in [0.1, 0.15) is 0 Å². The van der Waals surface area contributed by atoms with Crippen LogP contribution in [0.15, 0.2) is 60.7 Å². The summed E-state index contributed by atoms with van der Waals surface area (Å²) in [5.74, 6) is 0. The Morgan fingerprint density at radius 2 is 1.61 bits per heavy atom. The minimum atomic E-state index is 1.04. The van der Waals surface area contributed by atoms with Gasteiger partial charge in [0.25, 0.3) is 0 Å². The molecule has 3 heteroatoms. The molecule has 0 bridgehead atoms. The molecule has 116 valence electrons. The number of anilines is 1. The highest BCUT2D eigenvalue weighted by Crippen LogP contribution is 2.24. The molecule has 0 spiro atoms. The first-order chi connectivity index (χ1) is 11.3. The molecule has 0 aliphatic carbocycles. The van der Waals surface area contributed by atoms with Gasteiger partial charge in [-0.3, -0.25) is 0 Å². The van der Waals surface area contributed by atoms with Gasteiger partial charge in [0.05, 0.1) is 44.4 Å². The molecule has 3 aromatic rings. The number of likely N-dealkylation sites (N-methyl/N-ethyl adjacent to an activating group) is 1. The highest BCUT2D eigenvalue weighted by Gasteiger charge is 2.16. The van der Waals surface area contributed by atoms with Crippen LogP contribution >= 0.6 is 0 Å². The molecule has 0 amide bonds. The highest BCUT2D eigenvalue weighted by atomic mass is 15.2. The average Bonchev–Trinajstić information content (AvgIpc) is 2.62. The number of hydrogen-bond acceptors (Lipinski definition) is 2. The lowest BCUT2D eigenvalue weighted by molar-refractivity contribution is -0.880. The molecule has 3 nitrogen and oxygen atoms in total. The summed E-state index contributed by atoms with van der Waals surface area (Å²) in [5.41, 5.74) is 4.59. The van der Waals surface area contributed by atoms with E-state index in [-0.39, 0.29) is 0 Å². The predicted molar refractivity (Wildman–Crippen MR) is 96.0 cm³/mol. The summed E-state index contributed by atoms with van der Waals surface area (Å²) in [6.07, 6.45) is 0. The van der Waals surface area contributed by atoms with Crippen molar-refractivity contribution in [2.24, 2.45) is 0 Å². The zero-order chi connectivity index (χ0) is 15.6. The van der Waals surface area contributed by atoms with Crippen LogP contribution in [-0.2, 0) is 0 Å². The van der Waals surface area contributed by atoms with Crippen molar-refractivity contribution in [3.8, 4) is 11.3 Å². The predicted octanol–water partition coefficient (Wildman–Crippen LogP) is 2.24. The van der Waals surface area contributed by atoms with Crippen LogP contribution in [0.25, 0.3) is 22.2 Å². The fraction of sp³-hybridized carbons (Fsp3) is 0.250. The number of para-hydroxylation sites is 1. The van der Waals surface area contributed by atoms with Gasteiger partial charge in [-0.25, -0.2) is 4.98 Å². The zero-order valence-electron chi connectivity index (χ0n) is 13.5. The number of piperazine rings is 1. The molecule has 2 heterocycles. The molecule has 1 fully saturated rings. The van der Waals surface area contributed by atoms with Crippen molar-refractivity contribution in [2.75, 3.05) is 38.1 Å². The Bertz CT molecular complexity index is 802. The molecule has 2 aromatic carbocycles. The molecule has 0 radical (unpaired) electrons. The van der Waals surface area contributed by atoms with E-state index < -0.39 is 0 Å². The molecular weight excluding hydrogens is 282 g/mol. The average molecular weight is 304 g/mol. The molecule has 0 atom stereocenters. The van der Waals surface area contributed by atoms with Gasteiger partial charge in [0, 0.05) is 16.6 Å². The molecule has 0 unspecified atom stereocenters. The van der Waals surface area contributed by atoms with Crippen LogP contribution in [0.4, 0.5) is 5.69 Å². The Hall–Kier alpha value is -2.39. The highest BCUT2D eigenvalue weighted by molar-refractivity contribution is 5.81. The Morgan fingerprint density at radius 1 is 0.870 bits per heavy atom. The van der Waals surface area contributed by atoms with Crippen LogP contribution < -0.4 is 9.80 Å². The fourth-order valence-electron chi connectivity index (χ4n) is 3.22. The lowest BCUT2D eigenvalue weighted by Crippen LogP contribution is -3.12. The maximum Gasteiger partial charge on any atom is 0.0947 e. The maximum atomic E-state index is 4.78. The van der Waals surface area contributed by atoms with Crippen molar-refractivity contribution in [1.29, 1.82) is 0 Å². The van der Waals surface area contributed by atoms with E-state index in [1.807, 2.05) is 6.07 Å². The monoisotopic (exact) mass is 304 g/mol. The second kappa shape index (κ2) is 6.01. The number of fused-ring (bicyclic) bond motifs is 1. The van der Waals surface area contributed by atoms with Gasteiger partial charge < -0.3 is 9.80 Å². The number of rotatable bonds is 2. The third-order valence-corrected chi connectivity index (χ3v) is 4.74. The van der Waals surface area contributed by atoms with Crippen molar-refractivity contribution in [1.82, 2.24) is 4.98 Å². The zero-order valence-corrected chi connectivity index (χ0v) is 13.5. The van der Waals surface area contributed by atoms with E-state index in [9.17, 15) is 0 Å². The van der Waals surface area contributed by atoms with Crippen molar-refractivity contribution < 1.29 is 4.90 Å². The standard InChI is InChI=1S/C20H21N3/c1-22-12-14-23(15-13-22)18-9-6-17(7-10-18)20-11-8-16-4-2-3-5-19(16)21-20/h2-11H,12-15H2,1H3/p+1. The molecule has 1 N–H and O–H groups in total. The van der Waals surface area contributed by atoms with E-state index in [2.05, 4.69) is 66.5 Å². The normalized spacial score (nSPS) is 16.0. The number of hydrogen-bond donors (Lipinski definition) is 1. The third-order valence-electron chi connectivity index (χ3n) is 4.74. The van der Waals surface area contributed by atoms with Crippen LogP contribution in [-0.4, -0.2) is 38.2 Å². The number of pyridine rings is 1. The third kappa shape index (κ3) is 2.92. The minimum Gasteiger partial charge on any atom is -0.360 e. The number of aromatic nitrogens is 1. The van der Waals surface area contributed by atoms with E-state index in [1.165, 1.54) is 29.7 Å². The summed E-state index contributed by atoms with van der Waals surface area (Å²) in [6.45, 7) is 4.71. The van der Waals surface area contributed by atoms with Gasteiger partial charge >= 0.3 is 0 Å². The summed E-state index contributed by atoms with van der Waals surface area (Å²) >= 11 is 0. The lowest BCUT2D eigenvalue weighted by Gasteiger charge is -2.31. The fourth-order valence-corrected chi connectivity index (χ4v) is 3.22. The van der Waals surface area contributed by atoms with E-state index in [0.717, 1.165) is 24.3 Å². The van der Waals surface area contributed by atoms with Crippen molar-refractivity contribution >= 4 is 16.6 Å². The molecular formula is C20H22N3+. The maximum absolute atomic E-state index is 4.78. The SMILES string of the molecule is C[NH+]1CCN(c2ccc(-c3ccc4ccccc4n3)cc2)CC1. The van der Waals surface area contributed by atoms with Crippen molar-refractivity contribution in [3.63, 3.8) is 0 Å². The molecule has 0 saturated carbocycles. The first-order valence-electron chi connectivity index (χ1n) is 8.32. The largest absolute Gasteiger partial charge is 0.360 e. The molecule has 1 saturated heterocycles. The van der Waals surface area contributed by atoms with Gasteiger partial charge in [0.15, 0.2) is 0 Å². The minimum absolute atomic E-state index is 1.04. The Balaban J connectivity index is 1.59. The van der Waals surface area contributed by atoms with Crippen molar-refractivity contribution in [2.45, 2.75) is 0 Å². The summed E-state index contributed by atoms with van der Waals surface area (Å²) in [7, 11) is 2.27. The van der Waals surface area contributed by atoms with Crippen LogP contribution in [0.1, 0.15) is 0 Å². The van der Waals surface area contributed by atoms with Gasteiger partial charge in [-0.1, -0.05) is 36.4 Å². The van der Waals surface area contributed by atoms with E-state index in [4.69, 9.17) is 4.98 Å². The van der Waals surface area contributed by atoms with Crippen LogP contribution in [0.5, 0.6) is 0 Å². The summed E-state index contributed by atoms with van der Waals surface area (Å²) in [6, 6.07) is 21.4. The first kappa shape index (κ1) is 14.2. The number of quaternary nitrogens is 1. The topological polar surface area (TPSA) is 20.6 Å². The van der Waals surface area contributed by atoms with Crippen LogP contribution in [0, 0.1) is 0 Å². The Kier molecular flexibility index (Phi) is 3.72. The first-order valence-corrected chi connectivity index (χ1v) is 8.32. The lowest BCUT2D eigenvalue weighted by atomic mass is 10.1. The Labute approximate surface area is 137 Å². The van der Waals surface area contributed by atoms with Gasteiger partial charge in [-0.2, -0.15) is 0 Å². The van der Waals surface area contributed by atoms with E-state index in [0.29, 0.717) is 0 Å². The summed E-state index contributed by atoms with van der Waals surface area (Å²) < 4.78 is 0. The van der Waals surface area contributed by atoms with Gasteiger partial charge in [0.2, 0.25) is 0 Å². The molecule has 23 heavy (non-hydrogen) atoms. The van der Waals surface area contributed by atoms with Gasteiger partial charge in [-0.15, -0.1) is 0 Å². The Morgan fingerprint density at radius 3 is 2.39 bits per heavy atom. The van der Waals surface area contributed by atoms with E-state index >= 15 is 0 Å². The van der Waals surface area contributed by atoms with Crippen LogP contribution in [0.3, 0.4) is 0 Å². The number of nitrogens with one attached hydrogen (secondary N) is 1. The number of benzene rings is 2. The second-order valence-electron chi connectivity index (χ2n) is 6.38. The van der Waals surface area contributed by atoms with Gasteiger partial charge in [-0.05, 0) is 24.3 Å². The summed E-state index contributed by atoms with van der Waals surface area (Å²) in [5, 5.41) is 1.19. The smallest absolute Gasteiger partial charge is 0.0947 e. The van der Waals surface area contributed by atoms with E-state index in [1.54, 1.807) is 4.90 Å². The molecule has 1 aliphatic rings. The quantitative estimate of drug-likeness (QED) is 0.784. The molecule has 4 rings (SSSR count). The second-order valence-corrected chi connectivity index (χ2v) is 6.38. The molecule has 1 aliphatic heterocycles. The van der Waals surface area contributed by atoms with Crippen molar-refractivity contribution in [3.05, 3.63) is 60.7 Å². The molecule has 1 aromatic heterocycles.